The number of nitrogens with one attached hydrogen (secondary N) is 2. The molecule has 1 aromatic heterocycles. The van der Waals surface area contributed by atoms with E-state index in [-0.39, 0.29) is 37.3 Å². The minimum atomic E-state index is -0.754. The Bertz CT molecular complexity index is 1430. The molecule has 4 rings (SSSR count). The predicted molar refractivity (Wildman–Crippen MR) is 121 cm³/mol. The van der Waals surface area contributed by atoms with Crippen molar-refractivity contribution in [2.75, 3.05) is 0 Å². The Morgan fingerprint density at radius 2 is 1.77 bits per heavy atom. The lowest BCUT2D eigenvalue weighted by molar-refractivity contribution is 0.103. The first-order valence-electron chi connectivity index (χ1n) is 8.54. The quantitative estimate of drug-likeness (QED) is 0.335. The summed E-state index contributed by atoms with van der Waals surface area (Å²) in [6, 6.07) is 9.06. The summed E-state index contributed by atoms with van der Waals surface area (Å²) >= 11 is 23.1. The summed E-state index contributed by atoms with van der Waals surface area (Å²) in [5, 5.41) is 19.6. The Morgan fingerprint density at radius 1 is 1.10 bits per heavy atom. The lowest BCUT2D eigenvalue weighted by Crippen LogP contribution is -2.26. The zero-order valence-corrected chi connectivity index (χ0v) is 18.3. The van der Waals surface area contributed by atoms with Crippen molar-refractivity contribution >= 4 is 64.8 Å². The molecule has 0 saturated carbocycles. The lowest BCUT2D eigenvalue weighted by Gasteiger charge is -2.20. The molecule has 0 spiro atoms. The molecule has 1 aliphatic heterocycles. The van der Waals surface area contributed by atoms with Gasteiger partial charge in [0.2, 0.25) is 17.6 Å². The Labute approximate surface area is 194 Å². The van der Waals surface area contributed by atoms with E-state index in [0.29, 0.717) is 10.7 Å². The van der Waals surface area contributed by atoms with E-state index in [1.54, 1.807) is 24.3 Å². The number of fused-ring (bicyclic) bond motifs is 1. The fourth-order valence-corrected chi connectivity index (χ4v) is 3.95. The van der Waals surface area contributed by atoms with Crippen LogP contribution in [0.25, 0.3) is 11.8 Å². The van der Waals surface area contributed by atoms with E-state index in [0.717, 1.165) is 6.08 Å². The number of H-pyrrole nitrogens is 1. The first kappa shape index (κ1) is 21.3. The van der Waals surface area contributed by atoms with Crippen LogP contribution in [0.4, 0.5) is 0 Å². The van der Waals surface area contributed by atoms with Gasteiger partial charge < -0.3 is 9.84 Å². The summed E-state index contributed by atoms with van der Waals surface area (Å²) in [6.45, 7) is 0. The molecule has 0 bridgehead atoms. The van der Waals surface area contributed by atoms with Gasteiger partial charge >= 0.3 is 0 Å². The largest absolute Gasteiger partial charge is 0.494 e. The number of carbonyl (C=O) groups excluding carboxylic acids is 1. The van der Waals surface area contributed by atoms with E-state index < -0.39 is 23.1 Å². The number of halogens is 3. The van der Waals surface area contributed by atoms with Gasteiger partial charge in [0.1, 0.15) is 5.56 Å². The van der Waals surface area contributed by atoms with Crippen LogP contribution >= 0.6 is 47.0 Å². The standard InChI is InChI=1S/C20H10Cl3N3O4S/c21-8-1-3-10(4-2-8)26-19(29)13(18(28)25-20(26)31)7-12-15(27)11-5-9(22)6-14(23)16(11)30-17(12)24/h1-7,24,29H,(H,25,28,31). The molecule has 3 N–H and O–H groups in total. The van der Waals surface area contributed by atoms with E-state index >= 15 is 0 Å². The summed E-state index contributed by atoms with van der Waals surface area (Å²) in [5.41, 5.74) is -0.867. The minimum absolute atomic E-state index is 0.00603. The van der Waals surface area contributed by atoms with Crippen molar-refractivity contribution in [3.05, 3.63) is 83.3 Å². The third-order valence-corrected chi connectivity index (χ3v) is 5.48. The van der Waals surface area contributed by atoms with Crippen LogP contribution in [0.5, 0.6) is 11.6 Å². The fraction of sp³-hybridized carbons (Fsp3) is 0. The van der Waals surface area contributed by atoms with Crippen LogP contribution in [0.3, 0.4) is 0 Å². The second-order valence-corrected chi connectivity index (χ2v) is 8.06. The van der Waals surface area contributed by atoms with Crippen molar-refractivity contribution in [1.29, 1.82) is 5.41 Å². The summed E-state index contributed by atoms with van der Waals surface area (Å²) in [4.78, 5) is 27.9. The molecule has 7 nitrogen and oxygen atoms in total. The smallest absolute Gasteiger partial charge is 0.262 e. The number of aromatic hydroxyl groups is 1. The maximum Gasteiger partial charge on any atom is 0.262 e. The van der Waals surface area contributed by atoms with Crippen molar-refractivity contribution in [3.8, 4) is 17.3 Å². The van der Waals surface area contributed by atoms with Gasteiger partial charge in [-0.2, -0.15) is 0 Å². The molecule has 11 heteroatoms. The lowest BCUT2D eigenvalue weighted by atomic mass is 9.98. The van der Waals surface area contributed by atoms with Crippen LogP contribution in [0.1, 0.15) is 15.9 Å². The molecular weight excluding hydrogens is 485 g/mol. The van der Waals surface area contributed by atoms with E-state index in [4.69, 9.17) is 57.2 Å². The average Bonchev–Trinajstić information content (AvgIpc) is 2.69. The SMILES string of the molecule is N=C1Oc2c(Cl)cc(Cl)cc2C(=O)C1=Cc1c(O)n(-c2ccc(Cl)cc2)c(=S)[nH]c1=O. The normalized spacial score (nSPS) is 14.5. The number of rotatable bonds is 2. The molecule has 0 atom stereocenters. The zero-order valence-electron chi connectivity index (χ0n) is 15.2. The third-order valence-electron chi connectivity index (χ3n) is 4.44. The maximum atomic E-state index is 13.0. The van der Waals surface area contributed by atoms with Crippen molar-refractivity contribution in [2.45, 2.75) is 0 Å². The molecule has 0 fully saturated rings. The molecule has 2 aromatic carbocycles. The van der Waals surface area contributed by atoms with Gasteiger partial charge in [0, 0.05) is 10.0 Å². The number of ketones is 1. The molecule has 31 heavy (non-hydrogen) atoms. The van der Waals surface area contributed by atoms with Crippen molar-refractivity contribution in [1.82, 2.24) is 9.55 Å². The summed E-state index contributed by atoms with van der Waals surface area (Å²) < 4.78 is 6.49. The summed E-state index contributed by atoms with van der Waals surface area (Å²) in [7, 11) is 0. The van der Waals surface area contributed by atoms with Crippen LogP contribution in [0.15, 0.2) is 46.8 Å². The van der Waals surface area contributed by atoms with E-state index in [9.17, 15) is 14.7 Å². The van der Waals surface area contributed by atoms with Gasteiger partial charge in [0.25, 0.3) is 5.56 Å². The second kappa shape index (κ2) is 7.97. The number of benzene rings is 2. The molecule has 0 amide bonds. The van der Waals surface area contributed by atoms with Crippen molar-refractivity contribution in [2.24, 2.45) is 0 Å². The fourth-order valence-electron chi connectivity index (χ4n) is 3.01. The van der Waals surface area contributed by atoms with Gasteiger partial charge in [0.05, 0.1) is 21.8 Å². The molecule has 0 saturated heterocycles. The maximum absolute atomic E-state index is 13.0. The number of Topliss-reactive ketones (excluding diaryl/α,β-unsaturated/α-hetero) is 1. The van der Waals surface area contributed by atoms with Gasteiger partial charge in [-0.25, -0.2) is 0 Å². The third kappa shape index (κ3) is 3.79. The Morgan fingerprint density at radius 3 is 2.45 bits per heavy atom. The number of aromatic nitrogens is 2. The van der Waals surface area contributed by atoms with Gasteiger partial charge in [-0.1, -0.05) is 34.8 Å². The van der Waals surface area contributed by atoms with E-state index in [1.165, 1.54) is 16.7 Å². The molecular formula is C20H10Cl3N3O4S. The van der Waals surface area contributed by atoms with E-state index in [2.05, 4.69) is 4.98 Å². The number of aromatic amines is 1. The summed E-state index contributed by atoms with van der Waals surface area (Å²) in [5.74, 6) is -1.72. The number of ether oxygens (including phenoxy) is 1. The highest BCUT2D eigenvalue weighted by atomic mass is 35.5. The molecule has 0 radical (unpaired) electrons. The Balaban J connectivity index is 1.91. The van der Waals surface area contributed by atoms with Crippen molar-refractivity contribution < 1.29 is 14.6 Å². The Hall–Kier alpha value is -2.91. The highest BCUT2D eigenvalue weighted by Gasteiger charge is 2.31. The van der Waals surface area contributed by atoms with Crippen LogP contribution in [0.2, 0.25) is 15.1 Å². The number of nitrogens with zero attached hydrogens (tertiary/aromatic N) is 1. The zero-order chi connectivity index (χ0) is 22.4. The van der Waals surface area contributed by atoms with Gasteiger partial charge in [-0.15, -0.1) is 0 Å². The number of hydrogen-bond donors (Lipinski definition) is 3. The monoisotopic (exact) mass is 493 g/mol. The van der Waals surface area contributed by atoms with Gasteiger partial charge in [0.15, 0.2) is 10.5 Å². The molecule has 3 aromatic rings. The van der Waals surface area contributed by atoms with Crippen LogP contribution in [0, 0.1) is 10.2 Å². The predicted octanol–water partition coefficient (Wildman–Crippen LogP) is 5.20. The van der Waals surface area contributed by atoms with Crippen molar-refractivity contribution in [3.63, 3.8) is 0 Å². The first-order valence-corrected chi connectivity index (χ1v) is 10.1. The van der Waals surface area contributed by atoms with Gasteiger partial charge in [-0.05, 0) is 54.7 Å². The topological polar surface area (TPSA) is 108 Å². The molecule has 0 aliphatic carbocycles. The highest BCUT2D eigenvalue weighted by Crippen LogP contribution is 2.38. The van der Waals surface area contributed by atoms with Crippen LogP contribution in [-0.4, -0.2) is 26.3 Å². The number of hydrogen-bond acceptors (Lipinski definition) is 6. The number of carbonyl (C=O) groups is 1. The Kier molecular flexibility index (Phi) is 5.49. The van der Waals surface area contributed by atoms with E-state index in [1.807, 2.05) is 0 Å². The highest BCUT2D eigenvalue weighted by molar-refractivity contribution is 7.71. The summed E-state index contributed by atoms with van der Waals surface area (Å²) in [6.07, 6.45) is 1.05. The average molecular weight is 495 g/mol. The molecule has 156 valence electrons. The van der Waals surface area contributed by atoms with Gasteiger partial charge in [-0.3, -0.25) is 24.5 Å². The molecule has 0 unspecified atom stereocenters. The van der Waals surface area contributed by atoms with Crippen LogP contribution in [-0.2, 0) is 0 Å². The second-order valence-electron chi connectivity index (χ2n) is 6.39. The molecule has 2 heterocycles. The molecule has 1 aliphatic rings. The van der Waals surface area contributed by atoms with Crippen LogP contribution < -0.4 is 10.3 Å². The minimum Gasteiger partial charge on any atom is -0.494 e. The first-order chi connectivity index (χ1) is 14.7.